The van der Waals surface area contributed by atoms with Crippen molar-refractivity contribution in [3.05, 3.63) is 81.8 Å². The van der Waals surface area contributed by atoms with E-state index < -0.39 is 0 Å². The van der Waals surface area contributed by atoms with Crippen LogP contribution in [0, 0.1) is 13.8 Å². The van der Waals surface area contributed by atoms with E-state index in [1.165, 1.54) is 0 Å². The van der Waals surface area contributed by atoms with E-state index in [4.69, 9.17) is 4.74 Å². The Hall–Kier alpha value is -3.98. The molecule has 0 aliphatic rings. The van der Waals surface area contributed by atoms with Gasteiger partial charge in [0, 0.05) is 43.2 Å². The van der Waals surface area contributed by atoms with Gasteiger partial charge in [-0.25, -0.2) is 9.67 Å². The van der Waals surface area contributed by atoms with Crippen molar-refractivity contribution in [2.75, 3.05) is 20.3 Å². The number of fused-ring (bicyclic) bond motifs is 1. The molecule has 0 aliphatic carbocycles. The highest BCUT2D eigenvalue weighted by molar-refractivity contribution is 5.92. The number of amides is 1. The Bertz CT molecular complexity index is 1460. The monoisotopic (exact) mass is 488 g/mol. The maximum absolute atomic E-state index is 13.2. The average molecular weight is 489 g/mol. The Morgan fingerprint density at radius 3 is 2.75 bits per heavy atom. The number of hydrogen-bond acceptors (Lipinski definition) is 5. The summed E-state index contributed by atoms with van der Waals surface area (Å²) in [6.45, 7) is 9.15. The number of aromatic amines is 1. The molecule has 0 saturated carbocycles. The molecule has 3 aromatic heterocycles. The van der Waals surface area contributed by atoms with Crippen molar-refractivity contribution in [1.82, 2.24) is 29.2 Å². The lowest BCUT2D eigenvalue weighted by atomic mass is 10.2. The van der Waals surface area contributed by atoms with Crippen molar-refractivity contribution in [1.29, 1.82) is 0 Å². The number of carbonyl (C=O) groups is 1. The highest BCUT2D eigenvalue weighted by Gasteiger charge is 2.17. The van der Waals surface area contributed by atoms with Crippen LogP contribution in [-0.2, 0) is 16.1 Å². The standard InChI is InChI=1S/C27H32N6O3/c1-18(2)33-25(12-13-28-33)32-19(3)16-21(20(32)4)10-11-26(34)31(14-15-36-5)17-24-29-23-9-7-6-8-22(23)27(35)30-24/h6-13,16,18H,14-15,17H2,1-5H3,(H,29,30,35). The van der Waals surface area contributed by atoms with Crippen LogP contribution in [-0.4, -0.2) is 55.4 Å². The Morgan fingerprint density at radius 1 is 1.22 bits per heavy atom. The first kappa shape index (κ1) is 25.1. The molecule has 0 saturated heterocycles. The van der Waals surface area contributed by atoms with Gasteiger partial charge in [0.15, 0.2) is 0 Å². The second-order valence-corrected chi connectivity index (χ2v) is 9.01. The maximum atomic E-state index is 13.2. The molecular formula is C27H32N6O3. The normalized spacial score (nSPS) is 11.7. The number of H-pyrrole nitrogens is 1. The van der Waals surface area contributed by atoms with Gasteiger partial charge in [-0.2, -0.15) is 5.10 Å². The smallest absolute Gasteiger partial charge is 0.258 e. The SMILES string of the molecule is COCCN(Cc1nc2ccccc2c(=O)[nH]1)C(=O)C=Cc1cc(C)n(-c2ccnn2C(C)C)c1C. The summed E-state index contributed by atoms with van der Waals surface area (Å²) in [5.41, 5.74) is 3.39. The molecule has 4 aromatic rings. The molecule has 9 nitrogen and oxygen atoms in total. The molecule has 1 N–H and O–H groups in total. The van der Waals surface area contributed by atoms with E-state index in [0.717, 1.165) is 22.8 Å². The van der Waals surface area contributed by atoms with Crippen LogP contribution in [0.25, 0.3) is 22.8 Å². The molecule has 9 heteroatoms. The zero-order valence-electron chi connectivity index (χ0n) is 21.4. The summed E-state index contributed by atoms with van der Waals surface area (Å²) < 4.78 is 9.32. The second kappa shape index (κ2) is 10.7. The quantitative estimate of drug-likeness (QED) is 0.362. The molecule has 1 aromatic carbocycles. The minimum atomic E-state index is -0.224. The fourth-order valence-corrected chi connectivity index (χ4v) is 4.32. The second-order valence-electron chi connectivity index (χ2n) is 9.01. The van der Waals surface area contributed by atoms with Crippen LogP contribution >= 0.6 is 0 Å². The number of aryl methyl sites for hydroxylation is 1. The van der Waals surface area contributed by atoms with Gasteiger partial charge in [0.1, 0.15) is 11.6 Å². The molecule has 0 spiro atoms. The van der Waals surface area contributed by atoms with Gasteiger partial charge in [0.25, 0.3) is 5.56 Å². The number of ether oxygens (including phenoxy) is 1. The summed E-state index contributed by atoms with van der Waals surface area (Å²) in [5.74, 6) is 1.22. The molecule has 0 fully saturated rings. The van der Waals surface area contributed by atoms with E-state index >= 15 is 0 Å². The highest BCUT2D eigenvalue weighted by atomic mass is 16.5. The van der Waals surface area contributed by atoms with Crippen molar-refractivity contribution >= 4 is 22.9 Å². The number of carbonyl (C=O) groups excluding carboxylic acids is 1. The zero-order chi connectivity index (χ0) is 25.8. The van der Waals surface area contributed by atoms with Crippen LogP contribution in [0.4, 0.5) is 0 Å². The van der Waals surface area contributed by atoms with Crippen molar-refractivity contribution in [3.63, 3.8) is 0 Å². The largest absolute Gasteiger partial charge is 0.383 e. The number of rotatable bonds is 9. The highest BCUT2D eigenvalue weighted by Crippen LogP contribution is 2.23. The molecule has 0 atom stereocenters. The van der Waals surface area contributed by atoms with E-state index in [-0.39, 0.29) is 24.1 Å². The average Bonchev–Trinajstić information content (AvgIpc) is 3.44. The van der Waals surface area contributed by atoms with E-state index in [9.17, 15) is 9.59 Å². The van der Waals surface area contributed by atoms with Gasteiger partial charge in [-0.3, -0.25) is 9.59 Å². The van der Waals surface area contributed by atoms with E-state index in [1.807, 2.05) is 36.7 Å². The summed E-state index contributed by atoms with van der Waals surface area (Å²) in [4.78, 5) is 34.6. The lowest BCUT2D eigenvalue weighted by molar-refractivity contribution is -0.127. The Kier molecular flexibility index (Phi) is 7.49. The topological polar surface area (TPSA) is 98.0 Å². The number of para-hydroxylation sites is 1. The summed E-state index contributed by atoms with van der Waals surface area (Å²) >= 11 is 0. The first-order chi connectivity index (χ1) is 17.3. The summed E-state index contributed by atoms with van der Waals surface area (Å²) in [7, 11) is 1.59. The number of benzene rings is 1. The van der Waals surface area contributed by atoms with Gasteiger partial charge >= 0.3 is 0 Å². The molecule has 0 radical (unpaired) electrons. The van der Waals surface area contributed by atoms with Crippen LogP contribution < -0.4 is 5.56 Å². The predicted molar refractivity (Wildman–Crippen MR) is 140 cm³/mol. The Balaban J connectivity index is 1.59. The number of nitrogens with one attached hydrogen (secondary N) is 1. The van der Waals surface area contributed by atoms with Gasteiger partial charge in [-0.05, 0) is 57.5 Å². The molecule has 0 unspecified atom stereocenters. The summed E-state index contributed by atoms with van der Waals surface area (Å²) in [5, 5.41) is 4.97. The molecule has 36 heavy (non-hydrogen) atoms. The van der Waals surface area contributed by atoms with E-state index in [2.05, 4.69) is 39.5 Å². The third kappa shape index (κ3) is 5.16. The van der Waals surface area contributed by atoms with Gasteiger partial charge in [0.05, 0.1) is 30.3 Å². The lowest BCUT2D eigenvalue weighted by Gasteiger charge is -2.20. The van der Waals surface area contributed by atoms with Crippen LogP contribution in [0.2, 0.25) is 0 Å². The molecule has 1 amide bonds. The minimum Gasteiger partial charge on any atom is -0.383 e. The minimum absolute atomic E-state index is 0.166. The number of hydrogen-bond donors (Lipinski definition) is 1. The van der Waals surface area contributed by atoms with Crippen LogP contribution in [0.3, 0.4) is 0 Å². The van der Waals surface area contributed by atoms with Crippen molar-refractivity contribution in [3.8, 4) is 5.82 Å². The zero-order valence-corrected chi connectivity index (χ0v) is 21.4. The van der Waals surface area contributed by atoms with Crippen LogP contribution in [0.15, 0.2) is 53.5 Å². The molecule has 188 valence electrons. The van der Waals surface area contributed by atoms with Crippen LogP contribution in [0.1, 0.15) is 42.7 Å². The van der Waals surface area contributed by atoms with Gasteiger partial charge in [0.2, 0.25) is 5.91 Å². The fraction of sp³-hybridized carbons (Fsp3) is 0.333. The molecule has 0 bridgehead atoms. The lowest BCUT2D eigenvalue weighted by Crippen LogP contribution is -2.33. The summed E-state index contributed by atoms with van der Waals surface area (Å²) in [6, 6.07) is 11.4. The van der Waals surface area contributed by atoms with Crippen molar-refractivity contribution < 1.29 is 9.53 Å². The van der Waals surface area contributed by atoms with Gasteiger partial charge in [-0.1, -0.05) is 12.1 Å². The summed E-state index contributed by atoms with van der Waals surface area (Å²) in [6.07, 6.45) is 5.18. The maximum Gasteiger partial charge on any atom is 0.258 e. The predicted octanol–water partition coefficient (Wildman–Crippen LogP) is 3.80. The first-order valence-electron chi connectivity index (χ1n) is 12.0. The third-order valence-corrected chi connectivity index (χ3v) is 6.12. The van der Waals surface area contributed by atoms with Gasteiger partial charge in [-0.15, -0.1) is 0 Å². The third-order valence-electron chi connectivity index (χ3n) is 6.12. The molecule has 4 rings (SSSR count). The Morgan fingerprint density at radius 2 is 2.00 bits per heavy atom. The van der Waals surface area contributed by atoms with Gasteiger partial charge < -0.3 is 19.2 Å². The number of methoxy groups -OCH3 is 1. The van der Waals surface area contributed by atoms with E-state index in [0.29, 0.717) is 29.9 Å². The molecule has 3 heterocycles. The molecule has 0 aliphatic heterocycles. The van der Waals surface area contributed by atoms with E-state index in [1.54, 1.807) is 42.5 Å². The Labute approximate surface area is 210 Å². The van der Waals surface area contributed by atoms with Crippen molar-refractivity contribution in [2.24, 2.45) is 0 Å². The number of aromatic nitrogens is 5. The number of nitrogens with zero attached hydrogens (tertiary/aromatic N) is 5. The fourth-order valence-electron chi connectivity index (χ4n) is 4.32. The van der Waals surface area contributed by atoms with Crippen LogP contribution in [0.5, 0.6) is 0 Å². The first-order valence-corrected chi connectivity index (χ1v) is 12.0. The molecular weight excluding hydrogens is 456 g/mol. The van der Waals surface area contributed by atoms with Crippen molar-refractivity contribution in [2.45, 2.75) is 40.3 Å².